The van der Waals surface area contributed by atoms with Gasteiger partial charge in [0.2, 0.25) is 0 Å². The lowest BCUT2D eigenvalue weighted by Crippen LogP contribution is -2.43. The van der Waals surface area contributed by atoms with Crippen molar-refractivity contribution in [2.75, 3.05) is 0 Å². The van der Waals surface area contributed by atoms with Crippen LogP contribution in [0.3, 0.4) is 0 Å². The second-order valence-electron chi connectivity index (χ2n) is 4.24. The summed E-state index contributed by atoms with van der Waals surface area (Å²) in [6.45, 7) is 4.84. The van der Waals surface area contributed by atoms with Crippen molar-refractivity contribution >= 4 is 17.9 Å². The number of carboxylic acid groups (broad SMARTS) is 1. The third-order valence-corrected chi connectivity index (χ3v) is 3.29. The molecule has 0 aliphatic heterocycles. The van der Waals surface area contributed by atoms with Crippen LogP contribution in [0.4, 0.5) is 0 Å². The lowest BCUT2D eigenvalue weighted by atomic mass is 9.68. The van der Waals surface area contributed by atoms with Gasteiger partial charge in [-0.2, -0.15) is 0 Å². The number of carboxylic acids is 1. The van der Waals surface area contributed by atoms with Gasteiger partial charge in [-0.15, -0.1) is 0 Å². The van der Waals surface area contributed by atoms with E-state index in [-0.39, 0.29) is 6.42 Å². The SMILES string of the molecule is C=CC(=O)OOC(=O)C1(CC)C=CCCC1C(=O)O. The summed E-state index contributed by atoms with van der Waals surface area (Å²) in [4.78, 5) is 42.8. The summed E-state index contributed by atoms with van der Waals surface area (Å²) in [6, 6.07) is 0. The van der Waals surface area contributed by atoms with Gasteiger partial charge in [-0.25, -0.2) is 19.4 Å². The summed E-state index contributed by atoms with van der Waals surface area (Å²) in [7, 11) is 0. The number of hydrogen-bond acceptors (Lipinski definition) is 5. The van der Waals surface area contributed by atoms with Gasteiger partial charge in [-0.05, 0) is 19.3 Å². The molecular formula is C13H16O6. The highest BCUT2D eigenvalue weighted by Crippen LogP contribution is 2.41. The van der Waals surface area contributed by atoms with Crippen molar-refractivity contribution in [3.05, 3.63) is 24.8 Å². The summed E-state index contributed by atoms with van der Waals surface area (Å²) in [5, 5.41) is 9.21. The minimum Gasteiger partial charge on any atom is -0.481 e. The zero-order chi connectivity index (χ0) is 14.5. The molecule has 6 heteroatoms. The van der Waals surface area contributed by atoms with E-state index in [1.54, 1.807) is 13.0 Å². The van der Waals surface area contributed by atoms with Crippen molar-refractivity contribution in [2.45, 2.75) is 26.2 Å². The molecule has 19 heavy (non-hydrogen) atoms. The van der Waals surface area contributed by atoms with Crippen LogP contribution in [0.5, 0.6) is 0 Å². The first-order valence-electron chi connectivity index (χ1n) is 5.93. The van der Waals surface area contributed by atoms with E-state index < -0.39 is 29.2 Å². The molecule has 0 aromatic heterocycles. The molecule has 0 heterocycles. The van der Waals surface area contributed by atoms with Crippen molar-refractivity contribution in [3.63, 3.8) is 0 Å². The van der Waals surface area contributed by atoms with Crippen LogP contribution >= 0.6 is 0 Å². The maximum Gasteiger partial charge on any atom is 0.378 e. The molecule has 0 aromatic rings. The molecule has 0 amide bonds. The standard InChI is InChI=1S/C13H16O6/c1-3-10(14)18-19-12(17)13(4-2)8-6-5-7-9(13)11(15)16/h3,6,8-9H,1,4-5,7H2,2H3,(H,15,16). The summed E-state index contributed by atoms with van der Waals surface area (Å²) in [5.74, 6) is -3.75. The number of hydrogen-bond donors (Lipinski definition) is 1. The van der Waals surface area contributed by atoms with Crippen LogP contribution in [0, 0.1) is 11.3 Å². The van der Waals surface area contributed by atoms with E-state index in [1.165, 1.54) is 6.08 Å². The molecule has 1 N–H and O–H groups in total. The minimum absolute atomic E-state index is 0.241. The molecule has 0 spiro atoms. The van der Waals surface area contributed by atoms with Crippen molar-refractivity contribution in [3.8, 4) is 0 Å². The molecule has 0 fully saturated rings. The Kier molecular flexibility index (Phi) is 4.86. The van der Waals surface area contributed by atoms with E-state index in [9.17, 15) is 19.5 Å². The monoisotopic (exact) mass is 268 g/mol. The number of aliphatic carboxylic acids is 1. The summed E-state index contributed by atoms with van der Waals surface area (Å²) in [5.41, 5.74) is -1.30. The molecule has 1 rings (SSSR count). The Morgan fingerprint density at radius 3 is 2.68 bits per heavy atom. The average Bonchev–Trinajstić information content (AvgIpc) is 2.43. The quantitative estimate of drug-likeness (QED) is 0.360. The maximum absolute atomic E-state index is 12.0. The molecule has 1 aliphatic carbocycles. The van der Waals surface area contributed by atoms with E-state index in [2.05, 4.69) is 16.4 Å². The number of allylic oxidation sites excluding steroid dienone is 1. The summed E-state index contributed by atoms with van der Waals surface area (Å²) >= 11 is 0. The van der Waals surface area contributed by atoms with Gasteiger partial charge in [-0.1, -0.05) is 25.7 Å². The second-order valence-corrected chi connectivity index (χ2v) is 4.24. The molecule has 2 unspecified atom stereocenters. The van der Waals surface area contributed by atoms with Gasteiger partial charge < -0.3 is 5.11 Å². The van der Waals surface area contributed by atoms with E-state index in [0.29, 0.717) is 12.8 Å². The predicted octanol–water partition coefficient (Wildman–Crippen LogP) is 1.62. The molecule has 2 atom stereocenters. The van der Waals surface area contributed by atoms with Crippen LogP contribution in [0.2, 0.25) is 0 Å². The van der Waals surface area contributed by atoms with Crippen molar-refractivity contribution in [1.82, 2.24) is 0 Å². The molecule has 0 bridgehead atoms. The highest BCUT2D eigenvalue weighted by Gasteiger charge is 2.49. The van der Waals surface area contributed by atoms with Crippen molar-refractivity contribution in [2.24, 2.45) is 11.3 Å². The fourth-order valence-corrected chi connectivity index (χ4v) is 2.18. The van der Waals surface area contributed by atoms with Crippen molar-refractivity contribution in [1.29, 1.82) is 0 Å². The predicted molar refractivity (Wildman–Crippen MR) is 64.6 cm³/mol. The zero-order valence-electron chi connectivity index (χ0n) is 10.6. The molecule has 0 saturated carbocycles. The zero-order valence-corrected chi connectivity index (χ0v) is 10.6. The van der Waals surface area contributed by atoms with Crippen LogP contribution in [-0.4, -0.2) is 23.0 Å². The van der Waals surface area contributed by atoms with Gasteiger partial charge in [0.25, 0.3) is 0 Å². The summed E-state index contributed by atoms with van der Waals surface area (Å²) < 4.78 is 0. The normalized spacial score (nSPS) is 25.4. The van der Waals surface area contributed by atoms with Crippen LogP contribution < -0.4 is 0 Å². The molecule has 1 aliphatic rings. The first kappa shape index (κ1) is 14.9. The van der Waals surface area contributed by atoms with Gasteiger partial charge >= 0.3 is 17.9 Å². The first-order valence-corrected chi connectivity index (χ1v) is 5.93. The topological polar surface area (TPSA) is 89.9 Å². The Hall–Kier alpha value is -2.11. The average molecular weight is 268 g/mol. The van der Waals surface area contributed by atoms with E-state index in [1.807, 2.05) is 0 Å². The van der Waals surface area contributed by atoms with Crippen LogP contribution in [0.15, 0.2) is 24.8 Å². The van der Waals surface area contributed by atoms with Gasteiger partial charge in [-0.3, -0.25) is 4.79 Å². The van der Waals surface area contributed by atoms with Crippen LogP contribution in [-0.2, 0) is 24.2 Å². The third-order valence-electron chi connectivity index (χ3n) is 3.29. The van der Waals surface area contributed by atoms with E-state index >= 15 is 0 Å². The van der Waals surface area contributed by atoms with Gasteiger partial charge in [0, 0.05) is 6.08 Å². The fraction of sp³-hybridized carbons (Fsp3) is 0.462. The molecule has 104 valence electrons. The highest BCUT2D eigenvalue weighted by molar-refractivity contribution is 5.87. The smallest absolute Gasteiger partial charge is 0.378 e. The van der Waals surface area contributed by atoms with Crippen molar-refractivity contribution < 1.29 is 29.3 Å². The summed E-state index contributed by atoms with van der Waals surface area (Å²) in [6.07, 6.45) is 5.27. The first-order chi connectivity index (χ1) is 8.97. The number of carbonyl (C=O) groups excluding carboxylic acids is 2. The molecular weight excluding hydrogens is 252 g/mol. The lowest BCUT2D eigenvalue weighted by Gasteiger charge is -2.34. The van der Waals surface area contributed by atoms with Gasteiger partial charge in [0.15, 0.2) is 0 Å². The molecule has 6 nitrogen and oxygen atoms in total. The van der Waals surface area contributed by atoms with E-state index in [0.717, 1.165) is 6.08 Å². The lowest BCUT2D eigenvalue weighted by molar-refractivity contribution is -0.263. The molecule has 0 saturated heterocycles. The Labute approximate surface area is 110 Å². The maximum atomic E-state index is 12.0. The van der Waals surface area contributed by atoms with Gasteiger partial charge in [0.1, 0.15) is 5.41 Å². The Morgan fingerprint density at radius 2 is 2.16 bits per heavy atom. The highest BCUT2D eigenvalue weighted by atomic mass is 17.2. The number of carbonyl (C=O) groups is 3. The van der Waals surface area contributed by atoms with Gasteiger partial charge in [0.05, 0.1) is 5.92 Å². The Balaban J connectivity index is 2.93. The van der Waals surface area contributed by atoms with Crippen LogP contribution in [0.25, 0.3) is 0 Å². The van der Waals surface area contributed by atoms with Crippen LogP contribution in [0.1, 0.15) is 26.2 Å². The number of rotatable bonds is 4. The Morgan fingerprint density at radius 1 is 1.47 bits per heavy atom. The second kappa shape index (κ2) is 6.17. The third kappa shape index (κ3) is 3.01. The minimum atomic E-state index is -1.30. The Bertz CT molecular complexity index is 425. The fourth-order valence-electron chi connectivity index (χ4n) is 2.18. The molecule has 0 aromatic carbocycles. The largest absolute Gasteiger partial charge is 0.481 e. The van der Waals surface area contributed by atoms with E-state index in [4.69, 9.17) is 0 Å². The molecule has 0 radical (unpaired) electrons.